The molecule has 0 bridgehead atoms. The van der Waals surface area contributed by atoms with Gasteiger partial charge in [0.25, 0.3) is 0 Å². The van der Waals surface area contributed by atoms with E-state index in [4.69, 9.17) is 16.3 Å². The molecule has 1 amide bonds. The van der Waals surface area contributed by atoms with Crippen LogP contribution in [0.15, 0.2) is 24.3 Å². The Morgan fingerprint density at radius 3 is 2.63 bits per heavy atom. The average molecular weight is 285 g/mol. The minimum atomic E-state index is -0.0158. The van der Waals surface area contributed by atoms with Gasteiger partial charge in [-0.25, -0.2) is 0 Å². The number of rotatable bonds is 8. The van der Waals surface area contributed by atoms with Crippen molar-refractivity contribution in [3.8, 4) is 0 Å². The highest BCUT2D eigenvalue weighted by molar-refractivity contribution is 6.30. The van der Waals surface area contributed by atoms with Gasteiger partial charge in [-0.05, 0) is 24.1 Å². The summed E-state index contributed by atoms with van der Waals surface area (Å²) in [5.41, 5.74) is 1.07. The summed E-state index contributed by atoms with van der Waals surface area (Å²) >= 11 is 5.85. The molecular weight excluding hydrogens is 264 g/mol. The van der Waals surface area contributed by atoms with Crippen molar-refractivity contribution in [3.05, 3.63) is 34.9 Å². The summed E-state index contributed by atoms with van der Waals surface area (Å²) < 4.78 is 4.90. The fourth-order valence-corrected chi connectivity index (χ4v) is 1.86. The Labute approximate surface area is 119 Å². The Kier molecular flexibility index (Phi) is 7.48. The van der Waals surface area contributed by atoms with Crippen LogP contribution in [0.1, 0.15) is 24.9 Å². The van der Waals surface area contributed by atoms with E-state index in [0.29, 0.717) is 24.7 Å². The van der Waals surface area contributed by atoms with Gasteiger partial charge in [-0.2, -0.15) is 0 Å². The van der Waals surface area contributed by atoms with E-state index in [1.54, 1.807) is 7.11 Å². The summed E-state index contributed by atoms with van der Waals surface area (Å²) in [7, 11) is 1.63. The molecule has 1 aromatic rings. The van der Waals surface area contributed by atoms with Crippen molar-refractivity contribution in [2.24, 2.45) is 0 Å². The molecule has 0 saturated heterocycles. The monoisotopic (exact) mass is 284 g/mol. The molecule has 19 heavy (non-hydrogen) atoms. The predicted molar refractivity (Wildman–Crippen MR) is 77.4 cm³/mol. The van der Waals surface area contributed by atoms with Crippen molar-refractivity contribution < 1.29 is 9.53 Å². The van der Waals surface area contributed by atoms with Gasteiger partial charge in [0, 0.05) is 18.7 Å². The van der Waals surface area contributed by atoms with Crippen molar-refractivity contribution in [2.75, 3.05) is 26.8 Å². The molecule has 106 valence electrons. The maximum atomic E-state index is 11.8. The first kappa shape index (κ1) is 16.0. The topological polar surface area (TPSA) is 50.4 Å². The maximum absolute atomic E-state index is 11.8. The van der Waals surface area contributed by atoms with Crippen LogP contribution < -0.4 is 10.6 Å². The number of benzene rings is 1. The van der Waals surface area contributed by atoms with Gasteiger partial charge in [0.15, 0.2) is 0 Å². The Bertz CT molecular complexity index is 382. The highest BCUT2D eigenvalue weighted by Gasteiger charge is 2.12. The number of ether oxygens (including phenoxy) is 1. The molecule has 4 nitrogen and oxygen atoms in total. The van der Waals surface area contributed by atoms with E-state index < -0.39 is 0 Å². The smallest absolute Gasteiger partial charge is 0.234 e. The number of halogens is 1. The van der Waals surface area contributed by atoms with E-state index in [1.807, 2.05) is 31.2 Å². The zero-order valence-corrected chi connectivity index (χ0v) is 12.2. The lowest BCUT2D eigenvalue weighted by atomic mass is 10.0. The fraction of sp³-hybridized carbons (Fsp3) is 0.500. The van der Waals surface area contributed by atoms with Crippen LogP contribution in [0.2, 0.25) is 5.02 Å². The number of carbonyl (C=O) groups is 1. The summed E-state index contributed by atoms with van der Waals surface area (Å²) in [6.45, 7) is 3.61. The normalized spacial score (nSPS) is 12.2. The Balaban J connectivity index is 2.43. The van der Waals surface area contributed by atoms with Crippen LogP contribution in [0.25, 0.3) is 0 Å². The molecule has 0 aromatic heterocycles. The lowest BCUT2D eigenvalue weighted by molar-refractivity contribution is -0.121. The molecule has 0 spiro atoms. The van der Waals surface area contributed by atoms with Gasteiger partial charge in [0.1, 0.15) is 0 Å². The van der Waals surface area contributed by atoms with Crippen LogP contribution in [0.5, 0.6) is 0 Å². The zero-order chi connectivity index (χ0) is 14.1. The number of hydrogen-bond donors (Lipinski definition) is 2. The molecule has 0 radical (unpaired) electrons. The zero-order valence-electron chi connectivity index (χ0n) is 11.4. The highest BCUT2D eigenvalue weighted by atomic mass is 35.5. The van der Waals surface area contributed by atoms with Crippen LogP contribution in [0, 0.1) is 0 Å². The first-order valence-corrected chi connectivity index (χ1v) is 6.79. The molecule has 1 aromatic carbocycles. The van der Waals surface area contributed by atoms with Crippen LogP contribution in [-0.2, 0) is 9.53 Å². The molecule has 1 rings (SSSR count). The number of amides is 1. The molecule has 0 aliphatic heterocycles. The molecule has 0 aliphatic carbocycles. The highest BCUT2D eigenvalue weighted by Crippen LogP contribution is 2.18. The molecule has 5 heteroatoms. The number of carbonyl (C=O) groups excluding carboxylic acids is 1. The summed E-state index contributed by atoms with van der Waals surface area (Å²) in [4.78, 5) is 11.8. The first-order chi connectivity index (χ1) is 9.17. The van der Waals surface area contributed by atoms with Crippen molar-refractivity contribution in [1.82, 2.24) is 10.6 Å². The Morgan fingerprint density at radius 2 is 2.05 bits per heavy atom. The maximum Gasteiger partial charge on any atom is 0.234 e. The molecule has 1 atom stereocenters. The third kappa shape index (κ3) is 6.05. The lowest BCUT2D eigenvalue weighted by Gasteiger charge is -2.17. The van der Waals surface area contributed by atoms with E-state index in [2.05, 4.69) is 10.6 Å². The van der Waals surface area contributed by atoms with Gasteiger partial charge in [0.2, 0.25) is 5.91 Å². The third-order valence-electron chi connectivity index (χ3n) is 2.78. The quantitative estimate of drug-likeness (QED) is 0.719. The number of methoxy groups -OCH3 is 1. The van der Waals surface area contributed by atoms with E-state index in [1.165, 1.54) is 0 Å². The molecule has 0 fully saturated rings. The minimum Gasteiger partial charge on any atom is -0.383 e. The van der Waals surface area contributed by atoms with Gasteiger partial charge in [-0.3, -0.25) is 4.79 Å². The van der Waals surface area contributed by atoms with Gasteiger partial charge in [0.05, 0.1) is 19.2 Å². The Morgan fingerprint density at radius 1 is 1.37 bits per heavy atom. The van der Waals surface area contributed by atoms with Crippen molar-refractivity contribution in [3.63, 3.8) is 0 Å². The summed E-state index contributed by atoms with van der Waals surface area (Å²) in [6.07, 6.45) is 0.839. The van der Waals surface area contributed by atoms with Gasteiger partial charge >= 0.3 is 0 Å². The largest absolute Gasteiger partial charge is 0.383 e. The first-order valence-electron chi connectivity index (χ1n) is 6.41. The summed E-state index contributed by atoms with van der Waals surface area (Å²) in [5, 5.41) is 6.71. The van der Waals surface area contributed by atoms with Crippen LogP contribution in [0.4, 0.5) is 0 Å². The minimum absolute atomic E-state index is 0.0158. The number of nitrogens with one attached hydrogen (secondary N) is 2. The van der Waals surface area contributed by atoms with Crippen LogP contribution >= 0.6 is 11.6 Å². The Hall–Kier alpha value is -1.10. The van der Waals surface area contributed by atoms with E-state index >= 15 is 0 Å². The molecule has 0 saturated carbocycles. The predicted octanol–water partition coefficient (Wildman–Crippen LogP) is 2.14. The van der Waals surface area contributed by atoms with Gasteiger partial charge in [-0.1, -0.05) is 30.7 Å². The second-order valence-corrected chi connectivity index (χ2v) is 4.69. The standard InChI is InChI=1S/C14H21ClN2O2/c1-3-13(11-4-6-12(15)7-5-11)17-14(18)10-16-8-9-19-2/h4-7,13,16H,3,8-10H2,1-2H3,(H,17,18). The second kappa shape index (κ2) is 8.91. The van der Waals surface area contributed by atoms with Crippen molar-refractivity contribution in [2.45, 2.75) is 19.4 Å². The van der Waals surface area contributed by atoms with E-state index in [0.717, 1.165) is 12.0 Å². The third-order valence-corrected chi connectivity index (χ3v) is 3.04. The molecule has 0 aliphatic rings. The van der Waals surface area contributed by atoms with Crippen LogP contribution in [0.3, 0.4) is 0 Å². The number of hydrogen-bond acceptors (Lipinski definition) is 3. The van der Waals surface area contributed by atoms with E-state index in [9.17, 15) is 4.79 Å². The summed E-state index contributed by atoms with van der Waals surface area (Å²) in [5.74, 6) is -0.0158. The SMILES string of the molecule is CCC(NC(=O)CNCCOC)c1ccc(Cl)cc1. The van der Waals surface area contributed by atoms with Crippen molar-refractivity contribution in [1.29, 1.82) is 0 Å². The van der Waals surface area contributed by atoms with E-state index in [-0.39, 0.29) is 11.9 Å². The van der Waals surface area contributed by atoms with Crippen LogP contribution in [-0.4, -0.2) is 32.7 Å². The van der Waals surface area contributed by atoms with Crippen molar-refractivity contribution >= 4 is 17.5 Å². The summed E-state index contributed by atoms with van der Waals surface area (Å²) in [6, 6.07) is 7.57. The molecule has 0 heterocycles. The second-order valence-electron chi connectivity index (χ2n) is 4.25. The lowest BCUT2D eigenvalue weighted by Crippen LogP contribution is -2.37. The van der Waals surface area contributed by atoms with Gasteiger partial charge < -0.3 is 15.4 Å². The molecular formula is C14H21ClN2O2. The van der Waals surface area contributed by atoms with Gasteiger partial charge in [-0.15, -0.1) is 0 Å². The fourth-order valence-electron chi connectivity index (χ4n) is 1.74. The molecule has 1 unspecified atom stereocenters. The molecule has 2 N–H and O–H groups in total. The average Bonchev–Trinajstić information content (AvgIpc) is 2.42.